The van der Waals surface area contributed by atoms with Gasteiger partial charge in [0, 0.05) is 30.8 Å². The Morgan fingerprint density at radius 2 is 1.90 bits per heavy atom. The highest BCUT2D eigenvalue weighted by Gasteiger charge is 2.36. The molecule has 0 amide bonds. The van der Waals surface area contributed by atoms with Gasteiger partial charge in [-0.2, -0.15) is 0 Å². The summed E-state index contributed by atoms with van der Waals surface area (Å²) in [5.41, 5.74) is -0.0381. The van der Waals surface area contributed by atoms with Crippen LogP contribution in [0.2, 0.25) is 0 Å². The van der Waals surface area contributed by atoms with Gasteiger partial charge in [-0.1, -0.05) is 26.0 Å². The van der Waals surface area contributed by atoms with E-state index in [2.05, 4.69) is 23.8 Å². The molecule has 1 N–H and O–H groups in total. The Kier molecular flexibility index (Phi) is 4.89. The van der Waals surface area contributed by atoms with E-state index in [0.717, 1.165) is 0 Å². The van der Waals surface area contributed by atoms with Gasteiger partial charge in [0.2, 0.25) is 5.95 Å². The third-order valence-corrected chi connectivity index (χ3v) is 5.29. The number of hydrogen-bond donors (Lipinski definition) is 1. The van der Waals surface area contributed by atoms with Gasteiger partial charge in [-0.15, -0.1) is 0 Å². The Hall–Kier alpha value is -3.13. The topological polar surface area (TPSA) is 84.1 Å². The maximum absolute atomic E-state index is 13.3. The second-order valence-corrected chi connectivity index (χ2v) is 8.76. The molecule has 1 aliphatic heterocycles. The van der Waals surface area contributed by atoms with E-state index in [4.69, 9.17) is 4.98 Å². The lowest BCUT2D eigenvalue weighted by atomic mass is 9.89. The number of aliphatic hydroxyl groups is 1. The Labute approximate surface area is 173 Å². The molecule has 4 rings (SSSR count). The van der Waals surface area contributed by atoms with E-state index in [9.17, 15) is 14.3 Å². The molecule has 7 nitrogen and oxygen atoms in total. The van der Waals surface area contributed by atoms with E-state index in [1.807, 2.05) is 4.90 Å². The van der Waals surface area contributed by atoms with Gasteiger partial charge in [0.05, 0.1) is 17.9 Å². The van der Waals surface area contributed by atoms with Crippen molar-refractivity contribution < 1.29 is 9.50 Å². The van der Waals surface area contributed by atoms with Crippen molar-refractivity contribution in [3.05, 3.63) is 70.7 Å². The predicted octanol–water partition coefficient (Wildman–Crippen LogP) is 2.59. The number of rotatable bonds is 4. The average molecular weight is 409 g/mol. The maximum atomic E-state index is 13.3. The fourth-order valence-electron chi connectivity index (χ4n) is 3.92. The minimum atomic E-state index is -1.27. The molecule has 3 heterocycles. The number of fused-ring (bicyclic) bond motifs is 1. The van der Waals surface area contributed by atoms with E-state index in [0.29, 0.717) is 36.0 Å². The van der Waals surface area contributed by atoms with Crippen LogP contribution in [0.4, 0.5) is 10.3 Å². The minimum absolute atomic E-state index is 0.173. The highest BCUT2D eigenvalue weighted by atomic mass is 19.1. The molecule has 1 aliphatic rings. The molecule has 0 fully saturated rings. The van der Waals surface area contributed by atoms with Crippen molar-refractivity contribution in [3.8, 4) is 11.4 Å². The summed E-state index contributed by atoms with van der Waals surface area (Å²) in [4.78, 5) is 27.6. The Bertz CT molecular complexity index is 1110. The van der Waals surface area contributed by atoms with Gasteiger partial charge in [-0.05, 0) is 30.7 Å². The summed E-state index contributed by atoms with van der Waals surface area (Å²) < 4.78 is 15.0. The Morgan fingerprint density at radius 1 is 1.17 bits per heavy atom. The summed E-state index contributed by atoms with van der Waals surface area (Å²) in [6.45, 7) is 7.14. The average Bonchev–Trinajstić information content (AvgIpc) is 2.69. The van der Waals surface area contributed by atoms with Crippen LogP contribution in [0, 0.1) is 11.2 Å². The molecule has 156 valence electrons. The number of anilines is 1. The molecule has 3 aromatic rings. The van der Waals surface area contributed by atoms with Gasteiger partial charge >= 0.3 is 0 Å². The lowest BCUT2D eigenvalue weighted by molar-refractivity contribution is 0.0599. The largest absolute Gasteiger partial charge is 0.384 e. The molecule has 0 spiro atoms. The monoisotopic (exact) mass is 409 g/mol. The van der Waals surface area contributed by atoms with Crippen LogP contribution in [0.15, 0.2) is 53.7 Å². The summed E-state index contributed by atoms with van der Waals surface area (Å²) in [6.07, 6.45) is 3.01. The van der Waals surface area contributed by atoms with Crippen molar-refractivity contribution in [3.63, 3.8) is 0 Å². The first-order valence-corrected chi connectivity index (χ1v) is 9.76. The third-order valence-electron chi connectivity index (χ3n) is 5.29. The molecule has 0 saturated heterocycles. The number of β-amino-alcohol motifs (C(OH)–C–C–N with tert-alkyl or cyclic N) is 1. The van der Waals surface area contributed by atoms with E-state index in [-0.39, 0.29) is 23.3 Å². The second-order valence-electron chi connectivity index (χ2n) is 8.76. The normalized spacial score (nSPS) is 17.3. The number of hydrogen-bond acceptors (Lipinski definition) is 6. The lowest BCUT2D eigenvalue weighted by Gasteiger charge is -2.43. The van der Waals surface area contributed by atoms with Crippen LogP contribution in [0.25, 0.3) is 11.4 Å². The summed E-state index contributed by atoms with van der Waals surface area (Å²) in [6, 6.07) is 8.97. The number of benzene rings is 1. The van der Waals surface area contributed by atoms with Crippen molar-refractivity contribution in [2.75, 3.05) is 18.0 Å². The van der Waals surface area contributed by atoms with Gasteiger partial charge in [0.15, 0.2) is 0 Å². The van der Waals surface area contributed by atoms with Gasteiger partial charge in [-0.3, -0.25) is 9.36 Å². The van der Waals surface area contributed by atoms with Gasteiger partial charge < -0.3 is 10.0 Å². The minimum Gasteiger partial charge on any atom is -0.384 e. The van der Waals surface area contributed by atoms with Crippen LogP contribution in [-0.4, -0.2) is 37.7 Å². The summed E-state index contributed by atoms with van der Waals surface area (Å²) >= 11 is 0. The molecule has 2 aromatic heterocycles. The zero-order valence-electron chi connectivity index (χ0n) is 17.2. The van der Waals surface area contributed by atoms with Gasteiger partial charge in [-0.25, -0.2) is 19.3 Å². The van der Waals surface area contributed by atoms with Crippen molar-refractivity contribution in [1.29, 1.82) is 0 Å². The quantitative estimate of drug-likeness (QED) is 0.713. The Balaban J connectivity index is 1.77. The highest BCUT2D eigenvalue weighted by Crippen LogP contribution is 2.33. The molecular formula is C22H24FN5O2. The maximum Gasteiger partial charge on any atom is 0.255 e. The van der Waals surface area contributed by atoms with Crippen LogP contribution >= 0.6 is 0 Å². The number of aromatic nitrogens is 4. The first-order chi connectivity index (χ1) is 14.1. The standard InChI is InChI=1S/C22H24FN5O2/c1-21(2)11-27(13-22(3,30)15-4-6-16(23)7-5-15)20-26-18(10-19(29)28(20)12-21)17-8-9-24-14-25-17/h4-10,14,30H,11-13H2,1-3H3. The summed E-state index contributed by atoms with van der Waals surface area (Å²) in [7, 11) is 0. The van der Waals surface area contributed by atoms with Crippen molar-refractivity contribution in [2.24, 2.45) is 5.41 Å². The number of halogens is 1. The Morgan fingerprint density at radius 3 is 2.57 bits per heavy atom. The van der Waals surface area contributed by atoms with Crippen molar-refractivity contribution in [2.45, 2.75) is 32.9 Å². The smallest absolute Gasteiger partial charge is 0.255 e. The van der Waals surface area contributed by atoms with Crippen LogP contribution < -0.4 is 10.5 Å². The molecule has 1 atom stereocenters. The van der Waals surface area contributed by atoms with Gasteiger partial charge in [0.25, 0.3) is 5.56 Å². The molecular weight excluding hydrogens is 385 g/mol. The molecule has 0 aliphatic carbocycles. The van der Waals surface area contributed by atoms with E-state index < -0.39 is 5.60 Å². The van der Waals surface area contributed by atoms with Crippen LogP contribution in [-0.2, 0) is 12.1 Å². The first-order valence-electron chi connectivity index (χ1n) is 9.76. The van der Waals surface area contributed by atoms with E-state index >= 15 is 0 Å². The first kappa shape index (κ1) is 20.2. The molecule has 0 radical (unpaired) electrons. The molecule has 1 unspecified atom stereocenters. The fraction of sp³-hybridized carbons (Fsp3) is 0.364. The molecule has 0 saturated carbocycles. The van der Waals surface area contributed by atoms with E-state index in [1.54, 1.807) is 35.9 Å². The summed E-state index contributed by atoms with van der Waals surface area (Å²) in [5.74, 6) is 0.125. The molecule has 30 heavy (non-hydrogen) atoms. The zero-order chi connectivity index (χ0) is 21.5. The molecule has 0 bridgehead atoms. The SMILES string of the molecule is CC1(C)CN(CC(C)(O)c2ccc(F)cc2)c2nc(-c3ccncn3)cc(=O)n2C1. The van der Waals surface area contributed by atoms with Gasteiger partial charge in [0.1, 0.15) is 17.7 Å². The predicted molar refractivity (Wildman–Crippen MR) is 111 cm³/mol. The molecule has 1 aromatic carbocycles. The third kappa shape index (κ3) is 3.95. The van der Waals surface area contributed by atoms with E-state index in [1.165, 1.54) is 24.5 Å². The fourth-order valence-corrected chi connectivity index (χ4v) is 3.92. The number of nitrogens with zero attached hydrogens (tertiary/aromatic N) is 5. The van der Waals surface area contributed by atoms with Crippen LogP contribution in [0.5, 0.6) is 0 Å². The lowest BCUT2D eigenvalue weighted by Crippen LogP contribution is -2.51. The van der Waals surface area contributed by atoms with Crippen molar-refractivity contribution in [1.82, 2.24) is 19.5 Å². The van der Waals surface area contributed by atoms with Crippen molar-refractivity contribution >= 4 is 5.95 Å². The van der Waals surface area contributed by atoms with Crippen LogP contribution in [0.3, 0.4) is 0 Å². The second kappa shape index (κ2) is 7.28. The zero-order valence-corrected chi connectivity index (χ0v) is 17.2. The highest BCUT2D eigenvalue weighted by molar-refractivity contribution is 5.55. The van der Waals surface area contributed by atoms with Crippen LogP contribution in [0.1, 0.15) is 26.3 Å². The summed E-state index contributed by atoms with van der Waals surface area (Å²) in [5, 5.41) is 11.2. The molecule has 8 heteroatoms.